The second-order valence-electron chi connectivity index (χ2n) is 5.29. The predicted molar refractivity (Wildman–Crippen MR) is 87.3 cm³/mol. The molecule has 0 saturated heterocycles. The van der Waals surface area contributed by atoms with E-state index in [-0.39, 0.29) is 5.91 Å². The summed E-state index contributed by atoms with van der Waals surface area (Å²) in [5.41, 5.74) is 2.23. The van der Waals surface area contributed by atoms with Gasteiger partial charge in [0.1, 0.15) is 5.69 Å². The molecule has 0 aromatic carbocycles. The van der Waals surface area contributed by atoms with Crippen molar-refractivity contribution in [3.63, 3.8) is 0 Å². The van der Waals surface area contributed by atoms with Crippen LogP contribution in [0.15, 0.2) is 42.7 Å². The van der Waals surface area contributed by atoms with E-state index >= 15 is 0 Å². The Balaban J connectivity index is 1.55. The highest BCUT2D eigenvalue weighted by Crippen LogP contribution is 2.40. The number of anilines is 1. The molecule has 0 spiro atoms. The van der Waals surface area contributed by atoms with E-state index < -0.39 is 0 Å². The Morgan fingerprint density at radius 2 is 1.96 bits per heavy atom. The van der Waals surface area contributed by atoms with Gasteiger partial charge in [-0.3, -0.25) is 20.1 Å². The standard InChI is InChI=1S/C16H13N5OS/c22-14(11-4-3-9-18-13(11)10-6-7-10)19-16-21-20-15(23-16)12-5-1-2-8-17-12/h1-5,8-10H,6-7H2,(H,19,21,22). The zero-order valence-corrected chi connectivity index (χ0v) is 13.0. The molecular formula is C16H13N5OS. The monoisotopic (exact) mass is 323 g/mol. The molecule has 4 rings (SSSR count). The van der Waals surface area contributed by atoms with E-state index in [1.54, 1.807) is 24.5 Å². The summed E-state index contributed by atoms with van der Waals surface area (Å²) in [4.78, 5) is 21.1. The van der Waals surface area contributed by atoms with Crippen molar-refractivity contribution in [2.45, 2.75) is 18.8 Å². The van der Waals surface area contributed by atoms with Crippen LogP contribution in [0.4, 0.5) is 5.13 Å². The van der Waals surface area contributed by atoms with Crippen LogP contribution in [0.1, 0.15) is 34.8 Å². The smallest absolute Gasteiger partial charge is 0.259 e. The van der Waals surface area contributed by atoms with Crippen LogP contribution in [-0.4, -0.2) is 26.1 Å². The highest BCUT2D eigenvalue weighted by atomic mass is 32.1. The Bertz CT molecular complexity index is 844. The van der Waals surface area contributed by atoms with Crippen molar-refractivity contribution in [3.05, 3.63) is 54.0 Å². The maximum Gasteiger partial charge on any atom is 0.259 e. The zero-order chi connectivity index (χ0) is 15.6. The molecule has 3 aromatic rings. The molecule has 0 aliphatic heterocycles. The Labute approximate surface area is 136 Å². The third-order valence-electron chi connectivity index (χ3n) is 3.58. The molecule has 114 valence electrons. The topological polar surface area (TPSA) is 80.7 Å². The highest BCUT2D eigenvalue weighted by molar-refractivity contribution is 7.18. The predicted octanol–water partition coefficient (Wildman–Crippen LogP) is 3.12. The van der Waals surface area contributed by atoms with E-state index in [0.717, 1.165) is 24.2 Å². The molecule has 1 saturated carbocycles. The maximum absolute atomic E-state index is 12.5. The van der Waals surface area contributed by atoms with Gasteiger partial charge in [-0.25, -0.2) is 0 Å². The minimum absolute atomic E-state index is 0.191. The SMILES string of the molecule is O=C(Nc1nnc(-c2ccccn2)s1)c1cccnc1C1CC1. The van der Waals surface area contributed by atoms with Gasteiger partial charge in [0, 0.05) is 18.3 Å². The number of amides is 1. The summed E-state index contributed by atoms with van der Waals surface area (Å²) in [7, 11) is 0. The molecule has 23 heavy (non-hydrogen) atoms. The molecule has 0 unspecified atom stereocenters. The highest BCUT2D eigenvalue weighted by Gasteiger charge is 2.29. The van der Waals surface area contributed by atoms with Crippen LogP contribution in [-0.2, 0) is 0 Å². The third-order valence-corrected chi connectivity index (χ3v) is 4.44. The number of pyridine rings is 2. The zero-order valence-electron chi connectivity index (χ0n) is 12.1. The quantitative estimate of drug-likeness (QED) is 0.798. The minimum atomic E-state index is -0.191. The fourth-order valence-electron chi connectivity index (χ4n) is 2.32. The normalized spacial score (nSPS) is 13.7. The van der Waals surface area contributed by atoms with Gasteiger partial charge in [-0.05, 0) is 37.1 Å². The van der Waals surface area contributed by atoms with Crippen molar-refractivity contribution in [3.8, 4) is 10.7 Å². The summed E-state index contributed by atoms with van der Waals surface area (Å²) in [6.45, 7) is 0. The van der Waals surface area contributed by atoms with Gasteiger partial charge in [0.15, 0.2) is 5.01 Å². The van der Waals surface area contributed by atoms with E-state index in [2.05, 4.69) is 25.5 Å². The van der Waals surface area contributed by atoms with Crippen molar-refractivity contribution in [1.82, 2.24) is 20.2 Å². The van der Waals surface area contributed by atoms with Crippen LogP contribution < -0.4 is 5.32 Å². The summed E-state index contributed by atoms with van der Waals surface area (Å²) in [6, 6.07) is 9.17. The van der Waals surface area contributed by atoms with Crippen molar-refractivity contribution >= 4 is 22.4 Å². The average Bonchev–Trinajstić information content (AvgIpc) is 3.35. The van der Waals surface area contributed by atoms with Gasteiger partial charge in [0.25, 0.3) is 5.91 Å². The lowest BCUT2D eigenvalue weighted by Gasteiger charge is -2.06. The second kappa shape index (κ2) is 5.85. The van der Waals surface area contributed by atoms with E-state index in [1.165, 1.54) is 11.3 Å². The molecule has 0 atom stereocenters. The Hall–Kier alpha value is -2.67. The molecule has 3 heterocycles. The number of nitrogens with one attached hydrogen (secondary N) is 1. The molecule has 6 nitrogen and oxygen atoms in total. The van der Waals surface area contributed by atoms with Gasteiger partial charge < -0.3 is 0 Å². The summed E-state index contributed by atoms with van der Waals surface area (Å²) >= 11 is 1.30. The molecule has 0 bridgehead atoms. The van der Waals surface area contributed by atoms with Gasteiger partial charge in [-0.15, -0.1) is 10.2 Å². The molecule has 0 radical (unpaired) electrons. The number of carbonyl (C=O) groups is 1. The molecule has 1 fully saturated rings. The van der Waals surface area contributed by atoms with Crippen LogP contribution in [0.2, 0.25) is 0 Å². The van der Waals surface area contributed by atoms with E-state index in [4.69, 9.17) is 0 Å². The van der Waals surface area contributed by atoms with Crippen molar-refractivity contribution < 1.29 is 4.79 Å². The lowest BCUT2D eigenvalue weighted by molar-refractivity contribution is 0.102. The van der Waals surface area contributed by atoms with Gasteiger partial charge >= 0.3 is 0 Å². The van der Waals surface area contributed by atoms with E-state index in [0.29, 0.717) is 21.6 Å². The summed E-state index contributed by atoms with van der Waals surface area (Å²) in [5.74, 6) is 0.221. The van der Waals surface area contributed by atoms with Gasteiger partial charge in [-0.1, -0.05) is 17.4 Å². The van der Waals surface area contributed by atoms with Crippen LogP contribution in [0.5, 0.6) is 0 Å². The van der Waals surface area contributed by atoms with Crippen molar-refractivity contribution in [1.29, 1.82) is 0 Å². The third kappa shape index (κ3) is 2.95. The van der Waals surface area contributed by atoms with Crippen LogP contribution in [0, 0.1) is 0 Å². The van der Waals surface area contributed by atoms with Gasteiger partial charge in [0.2, 0.25) is 5.13 Å². The fraction of sp³-hybridized carbons (Fsp3) is 0.188. The summed E-state index contributed by atoms with van der Waals surface area (Å²) in [5, 5.41) is 12.0. The first kappa shape index (κ1) is 14.0. The second-order valence-corrected chi connectivity index (χ2v) is 6.27. The number of carbonyl (C=O) groups excluding carboxylic acids is 1. The fourth-order valence-corrected chi connectivity index (χ4v) is 3.04. The first-order chi connectivity index (χ1) is 11.3. The Morgan fingerprint density at radius 1 is 1.09 bits per heavy atom. The molecule has 1 aliphatic rings. The molecule has 1 N–H and O–H groups in total. The Morgan fingerprint density at radius 3 is 2.74 bits per heavy atom. The summed E-state index contributed by atoms with van der Waals surface area (Å²) < 4.78 is 0. The molecule has 3 aromatic heterocycles. The number of hydrogen-bond donors (Lipinski definition) is 1. The Kier molecular flexibility index (Phi) is 3.55. The van der Waals surface area contributed by atoms with Gasteiger partial charge in [0.05, 0.1) is 11.3 Å². The van der Waals surface area contributed by atoms with Crippen LogP contribution in [0.3, 0.4) is 0 Å². The lowest BCUT2D eigenvalue weighted by atomic mass is 10.1. The number of rotatable bonds is 4. The lowest BCUT2D eigenvalue weighted by Crippen LogP contribution is -2.14. The largest absolute Gasteiger partial charge is 0.296 e. The number of nitrogens with zero attached hydrogens (tertiary/aromatic N) is 4. The van der Waals surface area contributed by atoms with Crippen LogP contribution >= 0.6 is 11.3 Å². The van der Waals surface area contributed by atoms with Crippen molar-refractivity contribution in [2.75, 3.05) is 5.32 Å². The molecular weight excluding hydrogens is 310 g/mol. The first-order valence-electron chi connectivity index (χ1n) is 7.32. The maximum atomic E-state index is 12.5. The summed E-state index contributed by atoms with van der Waals surface area (Å²) in [6.07, 6.45) is 5.63. The molecule has 7 heteroatoms. The first-order valence-corrected chi connectivity index (χ1v) is 8.14. The van der Waals surface area contributed by atoms with E-state index in [9.17, 15) is 4.79 Å². The molecule has 1 aliphatic carbocycles. The minimum Gasteiger partial charge on any atom is -0.296 e. The molecule has 1 amide bonds. The van der Waals surface area contributed by atoms with Gasteiger partial charge in [-0.2, -0.15) is 0 Å². The van der Waals surface area contributed by atoms with Crippen LogP contribution in [0.25, 0.3) is 10.7 Å². The van der Waals surface area contributed by atoms with Crippen molar-refractivity contribution in [2.24, 2.45) is 0 Å². The number of aromatic nitrogens is 4. The average molecular weight is 323 g/mol. The van der Waals surface area contributed by atoms with E-state index in [1.807, 2.05) is 18.2 Å². The number of hydrogen-bond acceptors (Lipinski definition) is 6.